The van der Waals surface area contributed by atoms with Crippen molar-refractivity contribution >= 4 is 11.0 Å². The molecule has 158 valence electrons. The molecule has 0 amide bonds. The third-order valence-corrected chi connectivity index (χ3v) is 7.79. The second-order valence-corrected chi connectivity index (χ2v) is 10.7. The van der Waals surface area contributed by atoms with Crippen molar-refractivity contribution in [3.63, 3.8) is 0 Å². The topological polar surface area (TPSA) is 33.1 Å². The highest BCUT2D eigenvalue weighted by Gasteiger charge is 2.32. The summed E-state index contributed by atoms with van der Waals surface area (Å²) < 4.78 is 2.63. The fourth-order valence-electron chi connectivity index (χ4n) is 6.35. The Bertz CT molecular complexity index is 824. The predicted octanol–water partition coefficient (Wildman–Crippen LogP) is 4.97. The SMILES string of the molecule is CC1(C)CCCC(CN2CCC(n3c(C4CCNC4)nc4ccccc43)CC2)C1. The summed E-state index contributed by atoms with van der Waals surface area (Å²) in [5.74, 6) is 2.82. The highest BCUT2D eigenvalue weighted by molar-refractivity contribution is 5.76. The molecule has 2 atom stereocenters. The summed E-state index contributed by atoms with van der Waals surface area (Å²) in [5.41, 5.74) is 3.09. The number of piperidine rings is 1. The molecule has 1 aromatic carbocycles. The van der Waals surface area contributed by atoms with E-state index in [1.807, 2.05) is 0 Å². The highest BCUT2D eigenvalue weighted by atomic mass is 15.2. The number of para-hydroxylation sites is 2. The van der Waals surface area contributed by atoms with Crippen molar-refractivity contribution < 1.29 is 0 Å². The molecule has 2 aromatic rings. The van der Waals surface area contributed by atoms with Gasteiger partial charge in [0.25, 0.3) is 0 Å². The standard InChI is InChI=1S/C25H38N4/c1-25(2)12-5-6-19(16-25)18-28-14-10-21(11-15-28)29-23-8-4-3-7-22(23)27-24(29)20-9-13-26-17-20/h3-4,7-8,19-21,26H,5-6,9-18H2,1-2H3. The first-order valence-corrected chi connectivity index (χ1v) is 12.0. The molecule has 0 radical (unpaired) electrons. The van der Waals surface area contributed by atoms with Gasteiger partial charge in [-0.1, -0.05) is 32.4 Å². The van der Waals surface area contributed by atoms with Gasteiger partial charge < -0.3 is 14.8 Å². The van der Waals surface area contributed by atoms with Crippen molar-refractivity contribution in [2.24, 2.45) is 11.3 Å². The molecular formula is C25H38N4. The number of fused-ring (bicyclic) bond motifs is 1. The molecule has 1 N–H and O–H groups in total. The van der Waals surface area contributed by atoms with Crippen LogP contribution in [0.3, 0.4) is 0 Å². The number of likely N-dealkylation sites (tertiary alicyclic amines) is 1. The van der Waals surface area contributed by atoms with Crippen molar-refractivity contribution in [2.75, 3.05) is 32.7 Å². The third-order valence-electron chi connectivity index (χ3n) is 7.79. The molecule has 2 saturated heterocycles. The van der Waals surface area contributed by atoms with Gasteiger partial charge in [-0.2, -0.15) is 0 Å². The van der Waals surface area contributed by atoms with Gasteiger partial charge >= 0.3 is 0 Å². The first-order valence-electron chi connectivity index (χ1n) is 12.0. The first kappa shape index (κ1) is 19.6. The van der Waals surface area contributed by atoms with Gasteiger partial charge in [-0.15, -0.1) is 0 Å². The molecule has 4 heteroatoms. The summed E-state index contributed by atoms with van der Waals surface area (Å²) in [5, 5.41) is 3.54. The maximum Gasteiger partial charge on any atom is 0.114 e. The molecule has 3 aliphatic rings. The zero-order valence-corrected chi connectivity index (χ0v) is 18.4. The van der Waals surface area contributed by atoms with E-state index in [0.717, 1.165) is 19.0 Å². The minimum Gasteiger partial charge on any atom is -0.324 e. The fraction of sp³-hybridized carbons (Fsp3) is 0.720. The molecule has 0 spiro atoms. The third kappa shape index (κ3) is 4.11. The van der Waals surface area contributed by atoms with E-state index in [2.05, 4.69) is 52.9 Å². The van der Waals surface area contributed by atoms with Crippen LogP contribution in [0.1, 0.15) is 76.6 Å². The lowest BCUT2D eigenvalue weighted by Gasteiger charge is -2.40. The Morgan fingerprint density at radius 2 is 1.93 bits per heavy atom. The Kier molecular flexibility index (Phi) is 5.42. The number of rotatable bonds is 4. The second kappa shape index (κ2) is 8.03. The Labute approximate surface area is 176 Å². The van der Waals surface area contributed by atoms with E-state index in [-0.39, 0.29) is 0 Å². The molecule has 2 aliphatic heterocycles. The molecule has 1 aliphatic carbocycles. The number of aromatic nitrogens is 2. The number of hydrogen-bond acceptors (Lipinski definition) is 3. The Balaban J connectivity index is 1.29. The molecule has 3 fully saturated rings. The average Bonchev–Trinajstić information content (AvgIpc) is 3.35. The molecular weight excluding hydrogens is 356 g/mol. The lowest BCUT2D eigenvalue weighted by Crippen LogP contribution is -2.40. The highest BCUT2D eigenvalue weighted by Crippen LogP contribution is 2.39. The minimum atomic E-state index is 0.557. The molecule has 1 aromatic heterocycles. The summed E-state index contributed by atoms with van der Waals surface area (Å²) in [6.45, 7) is 11.0. The van der Waals surface area contributed by atoms with Crippen LogP contribution < -0.4 is 5.32 Å². The van der Waals surface area contributed by atoms with Gasteiger partial charge in [0.1, 0.15) is 5.82 Å². The summed E-state index contributed by atoms with van der Waals surface area (Å²) in [7, 11) is 0. The van der Waals surface area contributed by atoms with Gasteiger partial charge in [0.05, 0.1) is 11.0 Å². The lowest BCUT2D eigenvalue weighted by atomic mass is 9.72. The number of nitrogens with one attached hydrogen (secondary N) is 1. The van der Waals surface area contributed by atoms with Crippen LogP contribution in [0.5, 0.6) is 0 Å². The molecule has 3 heterocycles. The van der Waals surface area contributed by atoms with Gasteiger partial charge in [0, 0.05) is 38.1 Å². The van der Waals surface area contributed by atoms with Crippen LogP contribution in [0.25, 0.3) is 11.0 Å². The van der Waals surface area contributed by atoms with Crippen molar-refractivity contribution in [3.8, 4) is 0 Å². The number of hydrogen-bond donors (Lipinski definition) is 1. The molecule has 2 unspecified atom stereocenters. The van der Waals surface area contributed by atoms with E-state index in [1.165, 1.54) is 81.4 Å². The van der Waals surface area contributed by atoms with Gasteiger partial charge in [-0.05, 0) is 68.5 Å². The van der Waals surface area contributed by atoms with Crippen molar-refractivity contribution in [1.29, 1.82) is 0 Å². The summed E-state index contributed by atoms with van der Waals surface area (Å²) >= 11 is 0. The van der Waals surface area contributed by atoms with Crippen LogP contribution >= 0.6 is 0 Å². The second-order valence-electron chi connectivity index (χ2n) is 10.7. The molecule has 1 saturated carbocycles. The zero-order chi connectivity index (χ0) is 19.8. The van der Waals surface area contributed by atoms with Crippen LogP contribution in [0.2, 0.25) is 0 Å². The van der Waals surface area contributed by atoms with Crippen molar-refractivity contribution in [1.82, 2.24) is 19.8 Å². The molecule has 5 rings (SSSR count). The molecule has 4 nitrogen and oxygen atoms in total. The van der Waals surface area contributed by atoms with Gasteiger partial charge in [-0.25, -0.2) is 4.98 Å². The Morgan fingerprint density at radius 3 is 2.69 bits per heavy atom. The Morgan fingerprint density at radius 1 is 1.10 bits per heavy atom. The minimum absolute atomic E-state index is 0.557. The van der Waals surface area contributed by atoms with Crippen molar-refractivity contribution in [2.45, 2.75) is 70.8 Å². The quantitative estimate of drug-likeness (QED) is 0.795. The van der Waals surface area contributed by atoms with E-state index in [9.17, 15) is 0 Å². The first-order chi connectivity index (χ1) is 14.1. The number of nitrogens with zero attached hydrogens (tertiary/aromatic N) is 3. The van der Waals surface area contributed by atoms with Crippen LogP contribution in [0.4, 0.5) is 0 Å². The van der Waals surface area contributed by atoms with Crippen molar-refractivity contribution in [3.05, 3.63) is 30.1 Å². The van der Waals surface area contributed by atoms with E-state index in [0.29, 0.717) is 17.4 Å². The predicted molar refractivity (Wildman–Crippen MR) is 120 cm³/mol. The van der Waals surface area contributed by atoms with Crippen LogP contribution in [0.15, 0.2) is 24.3 Å². The van der Waals surface area contributed by atoms with E-state index in [4.69, 9.17) is 4.98 Å². The largest absolute Gasteiger partial charge is 0.324 e. The average molecular weight is 395 g/mol. The maximum absolute atomic E-state index is 5.11. The summed E-state index contributed by atoms with van der Waals surface area (Å²) in [6, 6.07) is 9.39. The molecule has 29 heavy (non-hydrogen) atoms. The molecule has 0 bridgehead atoms. The van der Waals surface area contributed by atoms with Gasteiger partial charge in [0.2, 0.25) is 0 Å². The zero-order valence-electron chi connectivity index (χ0n) is 18.4. The Hall–Kier alpha value is -1.39. The fourth-order valence-corrected chi connectivity index (χ4v) is 6.35. The van der Waals surface area contributed by atoms with Crippen LogP contribution in [-0.4, -0.2) is 47.2 Å². The number of imidazole rings is 1. The lowest BCUT2D eigenvalue weighted by molar-refractivity contribution is 0.109. The van der Waals surface area contributed by atoms with Crippen LogP contribution in [-0.2, 0) is 0 Å². The maximum atomic E-state index is 5.11. The summed E-state index contributed by atoms with van der Waals surface area (Å²) in [6.07, 6.45) is 9.45. The normalized spacial score (nSPS) is 28.9. The monoisotopic (exact) mass is 394 g/mol. The van der Waals surface area contributed by atoms with E-state index < -0.39 is 0 Å². The summed E-state index contributed by atoms with van der Waals surface area (Å²) in [4.78, 5) is 7.87. The number of benzene rings is 1. The van der Waals surface area contributed by atoms with E-state index in [1.54, 1.807) is 0 Å². The van der Waals surface area contributed by atoms with E-state index >= 15 is 0 Å². The smallest absolute Gasteiger partial charge is 0.114 e. The van der Waals surface area contributed by atoms with Gasteiger partial charge in [-0.3, -0.25) is 0 Å². The van der Waals surface area contributed by atoms with Crippen LogP contribution in [0, 0.1) is 11.3 Å². The van der Waals surface area contributed by atoms with Gasteiger partial charge in [0.15, 0.2) is 0 Å².